The maximum atomic E-state index is 13.1. The smallest absolute Gasteiger partial charge is 0.394 e. The molecule has 1 saturated heterocycles. The molecule has 1 fully saturated rings. The molecule has 1 N–H and O–H groups in total. The van der Waals surface area contributed by atoms with Gasteiger partial charge in [-0.15, -0.1) is 0 Å². The van der Waals surface area contributed by atoms with Crippen LogP contribution < -0.4 is 0 Å². The molecule has 0 bridgehead atoms. The van der Waals surface area contributed by atoms with Crippen LogP contribution in [0.5, 0.6) is 0 Å². The number of carbonyl (C=O) groups excluding carboxylic acids is 1. The van der Waals surface area contributed by atoms with Gasteiger partial charge in [0, 0.05) is 25.7 Å². The van der Waals surface area contributed by atoms with Crippen molar-refractivity contribution in [2.45, 2.75) is 6.18 Å². The Bertz CT molecular complexity index is 833. The number of aromatic nitrogens is 2. The van der Waals surface area contributed by atoms with Gasteiger partial charge < -0.3 is 10.0 Å². The van der Waals surface area contributed by atoms with Crippen molar-refractivity contribution in [3.8, 4) is 11.3 Å². The number of hydrogen-bond donors (Lipinski definition) is 1. The zero-order valence-electron chi connectivity index (χ0n) is 13.8. The summed E-state index contributed by atoms with van der Waals surface area (Å²) in [6.45, 7) is -1.16. The van der Waals surface area contributed by atoms with Gasteiger partial charge in [-0.1, -0.05) is 30.3 Å². The number of halogens is 3. The normalized spacial score (nSPS) is 20.4. The predicted molar refractivity (Wildman–Crippen MR) is 85.2 cm³/mol. The lowest BCUT2D eigenvalue weighted by molar-refractivity contribution is -0.187. The summed E-state index contributed by atoms with van der Waals surface area (Å²) in [5.74, 6) is -5.97. The summed E-state index contributed by atoms with van der Waals surface area (Å²) >= 11 is 0. The van der Waals surface area contributed by atoms with E-state index in [0.29, 0.717) is 11.3 Å². The van der Waals surface area contributed by atoms with E-state index >= 15 is 0 Å². The number of amides is 1. The van der Waals surface area contributed by atoms with Crippen molar-refractivity contribution in [2.24, 2.45) is 18.9 Å². The van der Waals surface area contributed by atoms with Gasteiger partial charge in [-0.3, -0.25) is 14.3 Å². The number of carboxylic acids is 1. The minimum atomic E-state index is -4.69. The molecular weight excluding hydrogens is 351 g/mol. The summed E-state index contributed by atoms with van der Waals surface area (Å²) < 4.78 is 40.9. The first-order chi connectivity index (χ1) is 12.2. The zero-order valence-corrected chi connectivity index (χ0v) is 13.8. The number of carboxylic acid groups (broad SMARTS) is 1. The van der Waals surface area contributed by atoms with Crippen molar-refractivity contribution in [3.63, 3.8) is 0 Å². The third-order valence-electron chi connectivity index (χ3n) is 4.56. The lowest BCUT2D eigenvalue weighted by Gasteiger charge is -2.18. The Morgan fingerprint density at radius 3 is 2.38 bits per heavy atom. The van der Waals surface area contributed by atoms with Crippen LogP contribution >= 0.6 is 0 Å². The summed E-state index contributed by atoms with van der Waals surface area (Å²) in [6.07, 6.45) is -3.39. The minimum Gasteiger partial charge on any atom is -0.481 e. The molecule has 26 heavy (non-hydrogen) atoms. The Hall–Kier alpha value is -2.84. The van der Waals surface area contributed by atoms with Crippen LogP contribution in [0.1, 0.15) is 10.4 Å². The van der Waals surface area contributed by atoms with Gasteiger partial charge in [0.2, 0.25) is 0 Å². The van der Waals surface area contributed by atoms with Crippen molar-refractivity contribution >= 4 is 11.9 Å². The molecule has 2 atom stereocenters. The van der Waals surface area contributed by atoms with Crippen molar-refractivity contribution in [2.75, 3.05) is 13.1 Å². The quantitative estimate of drug-likeness (QED) is 0.904. The molecule has 1 aliphatic rings. The van der Waals surface area contributed by atoms with Crippen LogP contribution in [0, 0.1) is 11.8 Å². The molecule has 138 valence electrons. The third kappa shape index (κ3) is 3.16. The molecule has 0 aliphatic carbocycles. The monoisotopic (exact) mass is 367 g/mol. The van der Waals surface area contributed by atoms with E-state index in [1.54, 1.807) is 37.4 Å². The first-order valence-electron chi connectivity index (χ1n) is 7.86. The van der Waals surface area contributed by atoms with E-state index in [0.717, 1.165) is 4.90 Å². The Morgan fingerprint density at radius 1 is 1.19 bits per heavy atom. The summed E-state index contributed by atoms with van der Waals surface area (Å²) in [7, 11) is 1.63. The highest BCUT2D eigenvalue weighted by molar-refractivity contribution is 6.00. The SMILES string of the molecule is Cn1ncc(C(=O)N2C[C@@H](C(F)(F)F)[C@H](C(=O)O)C2)c1-c1ccccc1. The van der Waals surface area contributed by atoms with Gasteiger partial charge in [0.05, 0.1) is 29.3 Å². The second-order valence-electron chi connectivity index (χ2n) is 6.20. The van der Waals surface area contributed by atoms with E-state index in [1.807, 2.05) is 0 Å². The van der Waals surface area contributed by atoms with Crippen molar-refractivity contribution in [1.29, 1.82) is 0 Å². The molecule has 0 unspecified atom stereocenters. The Balaban J connectivity index is 1.93. The molecule has 1 aliphatic heterocycles. The molecular formula is C17H16F3N3O3. The number of likely N-dealkylation sites (tertiary alicyclic amines) is 1. The van der Waals surface area contributed by atoms with Gasteiger partial charge in [0.1, 0.15) is 0 Å². The number of aryl methyl sites for hydroxylation is 1. The fourth-order valence-corrected chi connectivity index (χ4v) is 3.25. The maximum Gasteiger partial charge on any atom is 0.394 e. The lowest BCUT2D eigenvalue weighted by atomic mass is 9.96. The molecule has 3 rings (SSSR count). The molecule has 1 aromatic carbocycles. The van der Waals surface area contributed by atoms with E-state index in [2.05, 4.69) is 5.10 Å². The summed E-state index contributed by atoms with van der Waals surface area (Å²) in [6, 6.07) is 8.86. The standard InChI is InChI=1S/C17H16F3N3O3/c1-22-14(10-5-3-2-4-6-10)11(7-21-22)15(24)23-8-12(16(25)26)13(9-23)17(18,19)20/h2-7,12-13H,8-9H2,1H3,(H,25,26)/t12-,13-/m1/s1. The highest BCUT2D eigenvalue weighted by Crippen LogP contribution is 2.38. The fraction of sp³-hybridized carbons (Fsp3) is 0.353. The van der Waals surface area contributed by atoms with Gasteiger partial charge in [0.25, 0.3) is 5.91 Å². The predicted octanol–water partition coefficient (Wildman–Crippen LogP) is 2.42. The topological polar surface area (TPSA) is 75.4 Å². The number of benzene rings is 1. The third-order valence-corrected chi connectivity index (χ3v) is 4.56. The summed E-state index contributed by atoms with van der Waals surface area (Å²) in [5.41, 5.74) is 1.31. The molecule has 0 saturated carbocycles. The molecule has 1 aromatic heterocycles. The zero-order chi connectivity index (χ0) is 19.1. The van der Waals surface area contributed by atoms with Crippen molar-refractivity contribution in [3.05, 3.63) is 42.1 Å². The number of alkyl halides is 3. The summed E-state index contributed by atoms with van der Waals surface area (Å²) in [4.78, 5) is 25.0. The molecule has 2 aromatic rings. The van der Waals surface area contributed by atoms with E-state index < -0.39 is 43.0 Å². The van der Waals surface area contributed by atoms with Gasteiger partial charge >= 0.3 is 12.1 Å². The van der Waals surface area contributed by atoms with E-state index in [-0.39, 0.29) is 5.56 Å². The van der Waals surface area contributed by atoms with Crippen LogP contribution in [0.2, 0.25) is 0 Å². The molecule has 9 heteroatoms. The number of carbonyl (C=O) groups is 2. The van der Waals surface area contributed by atoms with Crippen LogP contribution in [-0.4, -0.2) is 50.9 Å². The molecule has 2 heterocycles. The van der Waals surface area contributed by atoms with E-state index in [4.69, 9.17) is 5.11 Å². The number of hydrogen-bond acceptors (Lipinski definition) is 3. The van der Waals surface area contributed by atoms with Crippen LogP contribution in [-0.2, 0) is 11.8 Å². The Kier molecular flexibility index (Phi) is 4.47. The van der Waals surface area contributed by atoms with Crippen molar-refractivity contribution < 1.29 is 27.9 Å². The first-order valence-corrected chi connectivity index (χ1v) is 7.86. The van der Waals surface area contributed by atoms with Gasteiger partial charge in [-0.05, 0) is 0 Å². The fourth-order valence-electron chi connectivity index (χ4n) is 3.25. The first kappa shape index (κ1) is 18.0. The number of aliphatic carboxylic acids is 1. The van der Waals surface area contributed by atoms with E-state index in [1.165, 1.54) is 10.9 Å². The molecule has 0 radical (unpaired) electrons. The average Bonchev–Trinajstić information content (AvgIpc) is 3.19. The highest BCUT2D eigenvalue weighted by Gasteiger charge is 2.53. The molecule has 6 nitrogen and oxygen atoms in total. The highest BCUT2D eigenvalue weighted by atomic mass is 19.4. The largest absolute Gasteiger partial charge is 0.481 e. The maximum absolute atomic E-state index is 13.1. The Labute approximate surface area is 146 Å². The van der Waals surface area contributed by atoms with Gasteiger partial charge in [-0.25, -0.2) is 0 Å². The number of nitrogens with zero attached hydrogens (tertiary/aromatic N) is 3. The second-order valence-corrected chi connectivity index (χ2v) is 6.20. The molecule has 1 amide bonds. The van der Waals surface area contributed by atoms with Crippen LogP contribution in [0.15, 0.2) is 36.5 Å². The molecule has 0 spiro atoms. The number of rotatable bonds is 3. The van der Waals surface area contributed by atoms with E-state index in [9.17, 15) is 22.8 Å². The van der Waals surface area contributed by atoms with Gasteiger partial charge in [0.15, 0.2) is 0 Å². The lowest BCUT2D eigenvalue weighted by Crippen LogP contribution is -2.34. The Morgan fingerprint density at radius 2 is 1.85 bits per heavy atom. The van der Waals surface area contributed by atoms with Gasteiger partial charge in [-0.2, -0.15) is 18.3 Å². The van der Waals surface area contributed by atoms with Crippen molar-refractivity contribution in [1.82, 2.24) is 14.7 Å². The van der Waals surface area contributed by atoms with Crippen LogP contribution in [0.3, 0.4) is 0 Å². The minimum absolute atomic E-state index is 0.144. The van der Waals surface area contributed by atoms with Crippen LogP contribution in [0.4, 0.5) is 13.2 Å². The van der Waals surface area contributed by atoms with Crippen LogP contribution in [0.25, 0.3) is 11.3 Å². The summed E-state index contributed by atoms with van der Waals surface area (Å²) in [5, 5.41) is 13.1. The average molecular weight is 367 g/mol. The second kappa shape index (κ2) is 6.47.